The van der Waals surface area contributed by atoms with Crippen molar-refractivity contribution < 1.29 is 29.0 Å². The number of hydrogen-bond donors (Lipinski definition) is 1. The molecule has 150 valence electrons. The van der Waals surface area contributed by atoms with Crippen LogP contribution in [0.5, 0.6) is 0 Å². The molecule has 1 saturated heterocycles. The number of Topliss-reactive ketones (excluding diaryl/α,β-unsaturated/α-hetero) is 1. The highest BCUT2D eigenvalue weighted by molar-refractivity contribution is 6.04. The van der Waals surface area contributed by atoms with Gasteiger partial charge >= 0.3 is 11.9 Å². The van der Waals surface area contributed by atoms with Crippen LogP contribution < -0.4 is 0 Å². The SMILES string of the molecule is COC(=O)CC(CO)CC[C@@]1(C)[C@H](C)CC(=O)[C@@]23COC(=O)C2=CCC[C@@H]31. The third-order valence-corrected chi connectivity index (χ3v) is 7.47. The topological polar surface area (TPSA) is 89.9 Å². The molecule has 6 heteroatoms. The zero-order valence-electron chi connectivity index (χ0n) is 16.5. The quantitative estimate of drug-likeness (QED) is 0.714. The summed E-state index contributed by atoms with van der Waals surface area (Å²) in [4.78, 5) is 36.9. The first-order valence-electron chi connectivity index (χ1n) is 9.88. The Morgan fingerprint density at radius 1 is 1.44 bits per heavy atom. The summed E-state index contributed by atoms with van der Waals surface area (Å²) < 4.78 is 10.1. The molecule has 1 heterocycles. The molecule has 0 bridgehead atoms. The molecule has 1 saturated carbocycles. The maximum atomic E-state index is 13.1. The highest BCUT2D eigenvalue weighted by Gasteiger charge is 2.65. The Balaban J connectivity index is 1.85. The first-order valence-corrected chi connectivity index (χ1v) is 9.88. The van der Waals surface area contributed by atoms with E-state index in [4.69, 9.17) is 9.47 Å². The van der Waals surface area contributed by atoms with Gasteiger partial charge in [0.05, 0.1) is 24.5 Å². The van der Waals surface area contributed by atoms with E-state index in [0.29, 0.717) is 18.4 Å². The van der Waals surface area contributed by atoms with E-state index in [1.54, 1.807) is 0 Å². The van der Waals surface area contributed by atoms with E-state index in [1.165, 1.54) is 7.11 Å². The largest absolute Gasteiger partial charge is 0.469 e. The van der Waals surface area contributed by atoms with Crippen molar-refractivity contribution in [2.75, 3.05) is 20.3 Å². The van der Waals surface area contributed by atoms with Crippen molar-refractivity contribution in [2.45, 2.75) is 52.4 Å². The standard InChI is InChI=1S/C21H30O6/c1-13-9-17(23)21-12-27-19(25)15(21)5-4-6-16(21)20(13,2)8-7-14(11-22)10-18(24)26-3/h5,13-14,16,22H,4,6-12H2,1-3H3/t13-,14?,16-,20+,21+/m1/s1. The van der Waals surface area contributed by atoms with Crippen LogP contribution >= 0.6 is 0 Å². The van der Waals surface area contributed by atoms with Gasteiger partial charge in [0.15, 0.2) is 0 Å². The maximum Gasteiger partial charge on any atom is 0.334 e. The average Bonchev–Trinajstić information content (AvgIpc) is 3.01. The van der Waals surface area contributed by atoms with Crippen LogP contribution in [0.15, 0.2) is 11.6 Å². The second-order valence-electron chi connectivity index (χ2n) is 8.70. The highest BCUT2D eigenvalue weighted by Crippen LogP contribution is 2.62. The van der Waals surface area contributed by atoms with E-state index in [9.17, 15) is 19.5 Å². The van der Waals surface area contributed by atoms with Gasteiger partial charge in [0.25, 0.3) is 0 Å². The third kappa shape index (κ3) is 3.12. The summed E-state index contributed by atoms with van der Waals surface area (Å²) in [6, 6.07) is 0. The van der Waals surface area contributed by atoms with Crippen LogP contribution in [0.3, 0.4) is 0 Å². The summed E-state index contributed by atoms with van der Waals surface area (Å²) >= 11 is 0. The van der Waals surface area contributed by atoms with Crippen molar-refractivity contribution in [1.82, 2.24) is 0 Å². The Kier molecular flexibility index (Phi) is 5.48. The smallest absolute Gasteiger partial charge is 0.334 e. The Bertz CT molecular complexity index is 668. The number of carbonyl (C=O) groups excluding carboxylic acids is 3. The van der Waals surface area contributed by atoms with Crippen molar-refractivity contribution in [3.63, 3.8) is 0 Å². The van der Waals surface area contributed by atoms with Gasteiger partial charge in [-0.15, -0.1) is 0 Å². The minimum Gasteiger partial charge on any atom is -0.469 e. The molecule has 27 heavy (non-hydrogen) atoms. The number of aliphatic hydroxyl groups is 1. The van der Waals surface area contributed by atoms with Crippen LogP contribution in [-0.4, -0.2) is 43.2 Å². The van der Waals surface area contributed by atoms with E-state index in [2.05, 4.69) is 13.8 Å². The molecule has 6 nitrogen and oxygen atoms in total. The first kappa shape index (κ1) is 20.1. The zero-order valence-corrected chi connectivity index (χ0v) is 16.5. The monoisotopic (exact) mass is 378 g/mol. The van der Waals surface area contributed by atoms with Crippen LogP contribution in [0.2, 0.25) is 0 Å². The molecule has 5 atom stereocenters. The summed E-state index contributed by atoms with van der Waals surface area (Å²) in [6.07, 6.45) is 5.62. The van der Waals surface area contributed by atoms with Crippen LogP contribution in [-0.2, 0) is 23.9 Å². The minimum atomic E-state index is -0.798. The molecular weight excluding hydrogens is 348 g/mol. The Morgan fingerprint density at radius 2 is 2.19 bits per heavy atom. The molecule has 1 spiro atoms. The Labute approximate surface area is 160 Å². The van der Waals surface area contributed by atoms with E-state index in [1.807, 2.05) is 6.08 Å². The van der Waals surface area contributed by atoms with Crippen LogP contribution in [0.25, 0.3) is 0 Å². The molecular formula is C21H30O6. The fourth-order valence-electron chi connectivity index (χ4n) is 5.58. The lowest BCUT2D eigenvalue weighted by atomic mass is 9.46. The maximum absolute atomic E-state index is 13.1. The molecule has 2 fully saturated rings. The molecule has 0 aromatic rings. The van der Waals surface area contributed by atoms with Crippen LogP contribution in [0.4, 0.5) is 0 Å². The van der Waals surface area contributed by atoms with Gasteiger partial charge in [-0.05, 0) is 48.9 Å². The van der Waals surface area contributed by atoms with E-state index in [0.717, 1.165) is 19.3 Å². The second kappa shape index (κ2) is 7.38. The number of rotatable bonds is 6. The summed E-state index contributed by atoms with van der Waals surface area (Å²) in [6.45, 7) is 4.40. The molecule has 2 aliphatic carbocycles. The normalized spacial score (nSPS) is 36.4. The lowest BCUT2D eigenvalue weighted by Crippen LogP contribution is -2.56. The van der Waals surface area contributed by atoms with E-state index >= 15 is 0 Å². The van der Waals surface area contributed by atoms with Gasteiger partial charge in [0.1, 0.15) is 12.4 Å². The minimum absolute atomic E-state index is 0.0465. The number of esters is 2. The molecule has 0 radical (unpaired) electrons. The fourth-order valence-corrected chi connectivity index (χ4v) is 5.58. The molecule has 3 rings (SSSR count). The predicted molar refractivity (Wildman–Crippen MR) is 97.5 cm³/mol. The summed E-state index contributed by atoms with van der Waals surface area (Å²) in [5.74, 6) is -0.472. The fraction of sp³-hybridized carbons (Fsp3) is 0.762. The predicted octanol–water partition coefficient (Wildman–Crippen LogP) is 2.43. The molecule has 0 aromatic heterocycles. The Morgan fingerprint density at radius 3 is 2.85 bits per heavy atom. The first-order chi connectivity index (χ1) is 12.8. The second-order valence-corrected chi connectivity index (χ2v) is 8.70. The van der Waals surface area contributed by atoms with Gasteiger partial charge in [-0.3, -0.25) is 9.59 Å². The van der Waals surface area contributed by atoms with Gasteiger partial charge in [-0.25, -0.2) is 4.79 Å². The number of carbonyl (C=O) groups is 3. The molecule has 1 N–H and O–H groups in total. The van der Waals surface area contributed by atoms with Crippen molar-refractivity contribution in [3.05, 3.63) is 11.6 Å². The molecule has 3 aliphatic rings. The number of allylic oxidation sites excluding steroid dienone is 1. The average molecular weight is 378 g/mol. The lowest BCUT2D eigenvalue weighted by molar-refractivity contribution is -0.148. The number of ketones is 1. The van der Waals surface area contributed by atoms with Gasteiger partial charge in [-0.2, -0.15) is 0 Å². The number of cyclic esters (lactones) is 1. The molecule has 1 aliphatic heterocycles. The van der Waals surface area contributed by atoms with Gasteiger partial charge < -0.3 is 14.6 Å². The lowest BCUT2D eigenvalue weighted by Gasteiger charge is -2.55. The van der Waals surface area contributed by atoms with Crippen LogP contribution in [0, 0.1) is 28.6 Å². The number of methoxy groups -OCH3 is 1. The summed E-state index contributed by atoms with van der Waals surface area (Å²) in [7, 11) is 1.35. The van der Waals surface area contributed by atoms with Gasteiger partial charge in [0.2, 0.25) is 0 Å². The zero-order chi connectivity index (χ0) is 19.8. The number of ether oxygens (including phenoxy) is 2. The molecule has 1 unspecified atom stereocenters. The summed E-state index contributed by atoms with van der Waals surface area (Å²) in [5, 5.41) is 9.67. The molecule has 0 amide bonds. The Hall–Kier alpha value is -1.69. The summed E-state index contributed by atoms with van der Waals surface area (Å²) in [5.41, 5.74) is -0.395. The van der Waals surface area contributed by atoms with Crippen molar-refractivity contribution in [2.24, 2.45) is 28.6 Å². The van der Waals surface area contributed by atoms with E-state index in [-0.39, 0.29) is 60.5 Å². The number of hydrogen-bond acceptors (Lipinski definition) is 6. The van der Waals surface area contributed by atoms with Crippen molar-refractivity contribution in [1.29, 1.82) is 0 Å². The number of aliphatic hydroxyl groups excluding tert-OH is 1. The van der Waals surface area contributed by atoms with Crippen LogP contribution in [0.1, 0.15) is 52.4 Å². The molecule has 0 aromatic carbocycles. The van der Waals surface area contributed by atoms with Gasteiger partial charge in [-0.1, -0.05) is 19.9 Å². The van der Waals surface area contributed by atoms with E-state index < -0.39 is 5.41 Å². The van der Waals surface area contributed by atoms with Crippen molar-refractivity contribution >= 4 is 17.7 Å². The third-order valence-electron chi connectivity index (χ3n) is 7.47. The van der Waals surface area contributed by atoms with Gasteiger partial charge in [0, 0.05) is 13.0 Å². The highest BCUT2D eigenvalue weighted by atomic mass is 16.5. The van der Waals surface area contributed by atoms with Crippen molar-refractivity contribution in [3.8, 4) is 0 Å².